The second-order valence-electron chi connectivity index (χ2n) is 3.62. The van der Waals surface area contributed by atoms with E-state index in [1.807, 2.05) is 0 Å². The molecule has 18 heavy (non-hydrogen) atoms. The molecule has 0 aliphatic heterocycles. The van der Waals surface area contributed by atoms with E-state index in [-0.39, 0.29) is 17.8 Å². The van der Waals surface area contributed by atoms with Crippen molar-refractivity contribution in [2.75, 3.05) is 0 Å². The Morgan fingerprint density at radius 2 is 1.94 bits per heavy atom. The average Bonchev–Trinajstić information content (AvgIpc) is 2.34. The van der Waals surface area contributed by atoms with E-state index in [9.17, 15) is 14.5 Å². The third kappa shape index (κ3) is 2.79. The van der Waals surface area contributed by atoms with Crippen LogP contribution in [-0.2, 0) is 6.54 Å². The molecule has 6 heteroatoms. The molecule has 0 fully saturated rings. The van der Waals surface area contributed by atoms with Crippen LogP contribution in [-0.4, -0.2) is 9.60 Å². The van der Waals surface area contributed by atoms with Gasteiger partial charge in [-0.3, -0.25) is 0 Å². The van der Waals surface area contributed by atoms with Gasteiger partial charge < -0.3 is 4.57 Å². The Bertz CT molecular complexity index is 637. The maximum absolute atomic E-state index is 13.5. The van der Waals surface area contributed by atoms with Gasteiger partial charge in [0.05, 0.1) is 11.6 Å². The standard InChI is InChI=1S/C12H10FN3O2/c13-11-6-2-1-5-10(11)9-15-8-4-3-7-12(15)14-16(17)18/h1-8H,9H2/b14-12-. The van der Waals surface area contributed by atoms with Crippen molar-refractivity contribution in [3.63, 3.8) is 0 Å². The van der Waals surface area contributed by atoms with E-state index in [0.717, 1.165) is 0 Å². The summed E-state index contributed by atoms with van der Waals surface area (Å²) in [5.74, 6) is -0.346. The Balaban J connectivity index is 2.42. The number of hydrogen-bond donors (Lipinski definition) is 0. The molecule has 0 unspecified atom stereocenters. The van der Waals surface area contributed by atoms with Crippen LogP contribution in [0.2, 0.25) is 0 Å². The van der Waals surface area contributed by atoms with Gasteiger partial charge in [0.2, 0.25) is 5.49 Å². The quantitative estimate of drug-likeness (QED) is 0.613. The van der Waals surface area contributed by atoms with Crippen LogP contribution >= 0.6 is 0 Å². The van der Waals surface area contributed by atoms with Crippen molar-refractivity contribution in [2.45, 2.75) is 6.54 Å². The van der Waals surface area contributed by atoms with E-state index in [4.69, 9.17) is 0 Å². The van der Waals surface area contributed by atoms with E-state index >= 15 is 0 Å². The fourth-order valence-electron chi connectivity index (χ4n) is 1.59. The van der Waals surface area contributed by atoms with Crippen molar-refractivity contribution in [3.8, 4) is 0 Å². The first-order chi connectivity index (χ1) is 8.66. The first kappa shape index (κ1) is 12.0. The topological polar surface area (TPSA) is 60.4 Å². The molecule has 92 valence electrons. The van der Waals surface area contributed by atoms with Gasteiger partial charge in [0.1, 0.15) is 5.82 Å². The molecule has 0 radical (unpaired) electrons. The first-order valence-corrected chi connectivity index (χ1v) is 5.25. The van der Waals surface area contributed by atoms with Gasteiger partial charge in [-0.15, -0.1) is 0 Å². The Hall–Kier alpha value is -2.50. The summed E-state index contributed by atoms with van der Waals surface area (Å²) < 4.78 is 15.0. The molecule has 0 spiro atoms. The molecule has 0 aliphatic rings. The van der Waals surface area contributed by atoms with E-state index < -0.39 is 5.03 Å². The van der Waals surface area contributed by atoms with Gasteiger partial charge in [0.15, 0.2) is 5.03 Å². The van der Waals surface area contributed by atoms with Crippen LogP contribution in [0.4, 0.5) is 4.39 Å². The minimum absolute atomic E-state index is 0.172. The van der Waals surface area contributed by atoms with Crippen LogP contribution in [0.25, 0.3) is 0 Å². The summed E-state index contributed by atoms with van der Waals surface area (Å²) in [5.41, 5.74) is 0.624. The molecule has 0 N–H and O–H groups in total. The molecule has 2 aromatic rings. The lowest BCUT2D eigenvalue weighted by atomic mass is 10.2. The predicted molar refractivity (Wildman–Crippen MR) is 62.5 cm³/mol. The van der Waals surface area contributed by atoms with E-state index in [0.29, 0.717) is 5.56 Å². The van der Waals surface area contributed by atoms with E-state index in [2.05, 4.69) is 5.10 Å². The normalized spacial score (nSPS) is 11.5. The van der Waals surface area contributed by atoms with Crippen molar-refractivity contribution >= 4 is 0 Å². The monoisotopic (exact) mass is 247 g/mol. The van der Waals surface area contributed by atoms with Crippen LogP contribution in [0.5, 0.6) is 0 Å². The molecule has 0 saturated heterocycles. The number of halogens is 1. The fourth-order valence-corrected chi connectivity index (χ4v) is 1.59. The van der Waals surface area contributed by atoms with Crippen LogP contribution in [0.3, 0.4) is 0 Å². The van der Waals surface area contributed by atoms with Crippen LogP contribution in [0, 0.1) is 15.9 Å². The predicted octanol–water partition coefficient (Wildman–Crippen LogP) is 1.77. The Morgan fingerprint density at radius 3 is 2.67 bits per heavy atom. The number of pyridine rings is 1. The summed E-state index contributed by atoms with van der Waals surface area (Å²) in [5, 5.41) is 12.9. The number of benzene rings is 1. The second kappa shape index (κ2) is 5.22. The molecular weight excluding hydrogens is 237 g/mol. The van der Waals surface area contributed by atoms with Crippen molar-refractivity contribution in [1.82, 2.24) is 4.57 Å². The lowest BCUT2D eigenvalue weighted by Gasteiger charge is -2.06. The Morgan fingerprint density at radius 1 is 1.22 bits per heavy atom. The van der Waals surface area contributed by atoms with Crippen LogP contribution in [0.1, 0.15) is 5.56 Å². The summed E-state index contributed by atoms with van der Waals surface area (Å²) in [7, 11) is 0. The number of aromatic nitrogens is 1. The van der Waals surface area contributed by atoms with E-state index in [1.54, 1.807) is 36.5 Å². The maximum atomic E-state index is 13.5. The molecule has 1 aromatic heterocycles. The summed E-state index contributed by atoms with van der Waals surface area (Å²) in [4.78, 5) is 10.4. The van der Waals surface area contributed by atoms with Gasteiger partial charge in [-0.25, -0.2) is 14.5 Å². The summed E-state index contributed by atoms with van der Waals surface area (Å²) in [6.45, 7) is 0.195. The third-order valence-corrected chi connectivity index (χ3v) is 2.40. The van der Waals surface area contributed by atoms with Crippen molar-refractivity contribution in [2.24, 2.45) is 5.10 Å². The number of nitro groups is 1. The SMILES string of the molecule is O=[N+]([O-])/N=c1/ccccn1Cc1ccccc1F. The van der Waals surface area contributed by atoms with Gasteiger partial charge in [-0.05, 0) is 18.2 Å². The van der Waals surface area contributed by atoms with Gasteiger partial charge in [0.25, 0.3) is 0 Å². The van der Waals surface area contributed by atoms with Gasteiger partial charge in [-0.2, -0.15) is 0 Å². The number of hydrogen-bond acceptors (Lipinski definition) is 2. The van der Waals surface area contributed by atoms with Crippen LogP contribution in [0.15, 0.2) is 53.8 Å². The molecule has 0 atom stereocenters. The molecule has 0 aliphatic carbocycles. The van der Waals surface area contributed by atoms with Crippen molar-refractivity contribution in [1.29, 1.82) is 0 Å². The minimum atomic E-state index is -0.771. The zero-order valence-corrected chi connectivity index (χ0v) is 9.36. The van der Waals surface area contributed by atoms with Gasteiger partial charge >= 0.3 is 0 Å². The lowest BCUT2D eigenvalue weighted by Crippen LogP contribution is -2.22. The smallest absolute Gasteiger partial charge is 0.207 e. The average molecular weight is 247 g/mol. The molecule has 2 rings (SSSR count). The second-order valence-corrected chi connectivity index (χ2v) is 3.62. The highest BCUT2D eigenvalue weighted by atomic mass is 19.1. The maximum Gasteiger partial charge on any atom is 0.207 e. The Kier molecular flexibility index (Phi) is 3.47. The minimum Gasteiger partial charge on any atom is -0.323 e. The lowest BCUT2D eigenvalue weighted by molar-refractivity contribution is -0.490. The number of rotatable bonds is 3. The van der Waals surface area contributed by atoms with Crippen molar-refractivity contribution in [3.05, 3.63) is 75.6 Å². The van der Waals surface area contributed by atoms with Crippen molar-refractivity contribution < 1.29 is 9.42 Å². The fraction of sp³-hybridized carbons (Fsp3) is 0.0833. The molecule has 1 heterocycles. The first-order valence-electron chi connectivity index (χ1n) is 5.25. The van der Waals surface area contributed by atoms with Gasteiger partial charge in [0, 0.05) is 11.8 Å². The molecular formula is C12H10FN3O2. The third-order valence-electron chi connectivity index (χ3n) is 2.40. The highest BCUT2D eigenvalue weighted by molar-refractivity contribution is 5.17. The highest BCUT2D eigenvalue weighted by Gasteiger charge is 2.03. The van der Waals surface area contributed by atoms with E-state index in [1.165, 1.54) is 16.7 Å². The Labute approximate surface area is 102 Å². The summed E-state index contributed by atoms with van der Waals surface area (Å²) in [6, 6.07) is 11.1. The molecule has 5 nitrogen and oxygen atoms in total. The zero-order chi connectivity index (χ0) is 13.0. The molecule has 0 saturated carbocycles. The molecule has 1 aromatic carbocycles. The summed E-state index contributed by atoms with van der Waals surface area (Å²) in [6.07, 6.45) is 1.62. The highest BCUT2D eigenvalue weighted by Crippen LogP contribution is 2.07. The van der Waals surface area contributed by atoms with Crippen LogP contribution < -0.4 is 5.49 Å². The summed E-state index contributed by atoms with van der Waals surface area (Å²) >= 11 is 0. The largest absolute Gasteiger partial charge is 0.323 e. The molecule has 0 bridgehead atoms. The zero-order valence-electron chi connectivity index (χ0n) is 9.36. The number of nitrogens with zero attached hydrogens (tertiary/aromatic N) is 3. The molecule has 0 amide bonds. The van der Waals surface area contributed by atoms with Gasteiger partial charge in [-0.1, -0.05) is 24.3 Å².